The minimum atomic E-state index is 0.365. The molecule has 0 radical (unpaired) electrons. The van der Waals surface area contributed by atoms with Crippen molar-refractivity contribution in [3.63, 3.8) is 0 Å². The zero-order valence-corrected chi connectivity index (χ0v) is 15.5. The molecule has 0 saturated carbocycles. The Bertz CT molecular complexity index is 743. The summed E-state index contributed by atoms with van der Waals surface area (Å²) in [6.07, 6.45) is 1.56. The lowest BCUT2D eigenvalue weighted by Crippen LogP contribution is -1.98. The van der Waals surface area contributed by atoms with Gasteiger partial charge in [-0.1, -0.05) is 34.8 Å². The Kier molecular flexibility index (Phi) is 6.43. The van der Waals surface area contributed by atoms with Crippen molar-refractivity contribution in [2.75, 3.05) is 26.8 Å². The van der Waals surface area contributed by atoms with Crippen molar-refractivity contribution < 1.29 is 14.2 Å². The van der Waals surface area contributed by atoms with Crippen molar-refractivity contribution in [3.8, 4) is 17.2 Å². The number of anilines is 1. The molecule has 0 aliphatic heterocycles. The summed E-state index contributed by atoms with van der Waals surface area (Å²) in [5, 5.41) is 5.31. The lowest BCUT2D eigenvalue weighted by atomic mass is 10.2. The summed E-state index contributed by atoms with van der Waals surface area (Å²) in [5.74, 6) is 1.69. The van der Waals surface area contributed by atoms with Crippen molar-refractivity contribution in [1.29, 1.82) is 0 Å². The summed E-state index contributed by atoms with van der Waals surface area (Å²) >= 11 is 18.1. The SMILES string of the molecule is COc1cc(OC)c(OC)cc1C=NNc1c(Cl)cc(Cl)cc1Cl. The smallest absolute Gasteiger partial charge is 0.164 e. The zero-order valence-electron chi connectivity index (χ0n) is 13.2. The predicted octanol–water partition coefficient (Wildman–Crippen LogP) is 5.12. The highest BCUT2D eigenvalue weighted by molar-refractivity contribution is 6.41. The summed E-state index contributed by atoms with van der Waals surface area (Å²) in [6.45, 7) is 0. The van der Waals surface area contributed by atoms with Gasteiger partial charge in [0.25, 0.3) is 0 Å². The van der Waals surface area contributed by atoms with E-state index in [2.05, 4.69) is 10.5 Å². The van der Waals surface area contributed by atoms with E-state index in [0.29, 0.717) is 43.6 Å². The van der Waals surface area contributed by atoms with E-state index in [9.17, 15) is 0 Å². The Labute approximate surface area is 155 Å². The standard InChI is InChI=1S/C16H15Cl3N2O3/c1-22-13-7-15(24-3)14(23-2)4-9(13)8-20-21-16-11(18)5-10(17)6-12(16)19/h4-8,21H,1-3H3. The molecule has 1 N–H and O–H groups in total. The van der Waals surface area contributed by atoms with Crippen LogP contribution in [-0.2, 0) is 0 Å². The molecule has 0 amide bonds. The lowest BCUT2D eigenvalue weighted by molar-refractivity contribution is 0.349. The van der Waals surface area contributed by atoms with E-state index in [1.165, 1.54) is 0 Å². The fourth-order valence-corrected chi connectivity index (χ4v) is 2.87. The van der Waals surface area contributed by atoms with E-state index in [1.807, 2.05) is 0 Å². The fourth-order valence-electron chi connectivity index (χ4n) is 1.97. The van der Waals surface area contributed by atoms with Crippen LogP contribution in [0.15, 0.2) is 29.4 Å². The normalized spacial score (nSPS) is 10.8. The van der Waals surface area contributed by atoms with Gasteiger partial charge in [0, 0.05) is 16.7 Å². The molecule has 0 aliphatic rings. The summed E-state index contributed by atoms with van der Waals surface area (Å²) in [6, 6.07) is 6.60. The van der Waals surface area contributed by atoms with E-state index in [-0.39, 0.29) is 0 Å². The van der Waals surface area contributed by atoms with Crippen LogP contribution < -0.4 is 19.6 Å². The maximum atomic E-state index is 6.10. The number of hydrogen-bond donors (Lipinski definition) is 1. The molecule has 128 valence electrons. The molecule has 0 fully saturated rings. The van der Waals surface area contributed by atoms with E-state index in [4.69, 9.17) is 49.0 Å². The largest absolute Gasteiger partial charge is 0.496 e. The van der Waals surface area contributed by atoms with Crippen molar-refractivity contribution in [1.82, 2.24) is 0 Å². The number of rotatable bonds is 6. The molecule has 2 rings (SSSR count). The van der Waals surface area contributed by atoms with Crippen molar-refractivity contribution in [2.45, 2.75) is 0 Å². The van der Waals surface area contributed by atoms with Crippen LogP contribution in [0.1, 0.15) is 5.56 Å². The molecule has 0 atom stereocenters. The molecule has 0 bridgehead atoms. The topological polar surface area (TPSA) is 52.1 Å². The molecule has 0 spiro atoms. The molecule has 0 aliphatic carbocycles. The molecular weight excluding hydrogens is 375 g/mol. The number of nitrogens with one attached hydrogen (secondary N) is 1. The third-order valence-corrected chi connectivity index (χ3v) is 3.94. The second-order valence-electron chi connectivity index (χ2n) is 4.56. The molecule has 2 aromatic carbocycles. The first-order chi connectivity index (χ1) is 11.5. The number of methoxy groups -OCH3 is 3. The van der Waals surface area contributed by atoms with Gasteiger partial charge in [0.2, 0.25) is 0 Å². The Hall–Kier alpha value is -1.82. The minimum Gasteiger partial charge on any atom is -0.496 e. The van der Waals surface area contributed by atoms with Gasteiger partial charge in [0.1, 0.15) is 5.75 Å². The molecule has 5 nitrogen and oxygen atoms in total. The highest BCUT2D eigenvalue weighted by Crippen LogP contribution is 2.35. The summed E-state index contributed by atoms with van der Waals surface area (Å²) in [5.41, 5.74) is 3.93. The van der Waals surface area contributed by atoms with Gasteiger partial charge in [-0.2, -0.15) is 5.10 Å². The van der Waals surface area contributed by atoms with Gasteiger partial charge in [-0.05, 0) is 18.2 Å². The maximum absolute atomic E-state index is 6.10. The maximum Gasteiger partial charge on any atom is 0.164 e. The van der Waals surface area contributed by atoms with Crippen LogP contribution in [0.25, 0.3) is 0 Å². The Morgan fingerprint density at radius 2 is 1.38 bits per heavy atom. The van der Waals surface area contributed by atoms with Gasteiger partial charge in [-0.25, -0.2) is 0 Å². The minimum absolute atomic E-state index is 0.365. The van der Waals surface area contributed by atoms with Gasteiger partial charge in [-0.3, -0.25) is 5.43 Å². The first kappa shape index (κ1) is 18.5. The molecule has 8 heteroatoms. The second kappa shape index (κ2) is 8.33. The van der Waals surface area contributed by atoms with E-state index in [0.717, 1.165) is 0 Å². The number of hydrazone groups is 1. The van der Waals surface area contributed by atoms with Crippen LogP contribution in [-0.4, -0.2) is 27.5 Å². The number of nitrogens with zero attached hydrogens (tertiary/aromatic N) is 1. The average Bonchev–Trinajstić information content (AvgIpc) is 2.56. The van der Waals surface area contributed by atoms with E-state index < -0.39 is 0 Å². The molecule has 2 aromatic rings. The molecular formula is C16H15Cl3N2O3. The summed E-state index contributed by atoms with van der Waals surface area (Å²) in [7, 11) is 4.66. The van der Waals surface area contributed by atoms with E-state index >= 15 is 0 Å². The average molecular weight is 390 g/mol. The summed E-state index contributed by atoms with van der Waals surface area (Å²) in [4.78, 5) is 0. The van der Waals surface area contributed by atoms with E-state index in [1.54, 1.807) is 51.8 Å². The molecule has 0 unspecified atom stereocenters. The van der Waals surface area contributed by atoms with Crippen molar-refractivity contribution >= 4 is 46.7 Å². The zero-order chi connectivity index (χ0) is 17.7. The van der Waals surface area contributed by atoms with Crippen LogP contribution in [0, 0.1) is 0 Å². The highest BCUT2D eigenvalue weighted by Gasteiger charge is 2.11. The Morgan fingerprint density at radius 3 is 1.92 bits per heavy atom. The molecule has 0 heterocycles. The molecule has 0 saturated heterocycles. The van der Waals surface area contributed by atoms with Crippen LogP contribution in [0.4, 0.5) is 5.69 Å². The van der Waals surface area contributed by atoms with Gasteiger partial charge < -0.3 is 14.2 Å². The number of hydrogen-bond acceptors (Lipinski definition) is 5. The van der Waals surface area contributed by atoms with Crippen molar-refractivity contribution in [3.05, 3.63) is 44.9 Å². The first-order valence-electron chi connectivity index (χ1n) is 6.73. The predicted molar refractivity (Wildman–Crippen MR) is 98.8 cm³/mol. The van der Waals surface area contributed by atoms with Crippen LogP contribution in [0.5, 0.6) is 17.2 Å². The second-order valence-corrected chi connectivity index (χ2v) is 5.81. The Morgan fingerprint density at radius 1 is 0.833 bits per heavy atom. The molecule has 24 heavy (non-hydrogen) atoms. The van der Waals surface area contributed by atoms with Crippen LogP contribution >= 0.6 is 34.8 Å². The van der Waals surface area contributed by atoms with Gasteiger partial charge in [-0.15, -0.1) is 0 Å². The quantitative estimate of drug-likeness (QED) is 0.550. The third kappa shape index (κ3) is 4.17. The highest BCUT2D eigenvalue weighted by atomic mass is 35.5. The van der Waals surface area contributed by atoms with Gasteiger partial charge in [0.15, 0.2) is 11.5 Å². The van der Waals surface area contributed by atoms with Crippen LogP contribution in [0.3, 0.4) is 0 Å². The first-order valence-corrected chi connectivity index (χ1v) is 7.87. The molecule has 0 aromatic heterocycles. The monoisotopic (exact) mass is 388 g/mol. The number of ether oxygens (including phenoxy) is 3. The Balaban J connectivity index is 2.29. The van der Waals surface area contributed by atoms with Gasteiger partial charge in [0.05, 0.1) is 43.3 Å². The fraction of sp³-hybridized carbons (Fsp3) is 0.188. The van der Waals surface area contributed by atoms with Crippen LogP contribution in [0.2, 0.25) is 15.1 Å². The van der Waals surface area contributed by atoms with Crippen molar-refractivity contribution in [2.24, 2.45) is 5.10 Å². The number of benzene rings is 2. The van der Waals surface area contributed by atoms with Gasteiger partial charge >= 0.3 is 0 Å². The lowest BCUT2D eigenvalue weighted by Gasteiger charge is -2.12. The third-order valence-electron chi connectivity index (χ3n) is 3.12. The number of halogens is 3. The summed E-state index contributed by atoms with van der Waals surface area (Å²) < 4.78 is 15.8.